The zero-order chi connectivity index (χ0) is 18.5. The molecule has 1 aliphatic heterocycles. The molecule has 136 valence electrons. The van der Waals surface area contributed by atoms with Crippen LogP contribution in [0, 0.1) is 0 Å². The first-order chi connectivity index (χ1) is 12.6. The summed E-state index contributed by atoms with van der Waals surface area (Å²) >= 11 is 6.06. The molecule has 2 aromatic rings. The third kappa shape index (κ3) is 4.17. The van der Waals surface area contributed by atoms with Gasteiger partial charge in [-0.2, -0.15) is 0 Å². The third-order valence-corrected chi connectivity index (χ3v) is 4.47. The molecule has 0 unspecified atom stereocenters. The van der Waals surface area contributed by atoms with E-state index in [4.69, 9.17) is 16.3 Å². The number of amides is 2. The first-order valence-corrected chi connectivity index (χ1v) is 9.04. The molecule has 0 saturated carbocycles. The Balaban J connectivity index is 1.62. The quantitative estimate of drug-likeness (QED) is 0.780. The van der Waals surface area contributed by atoms with Crippen molar-refractivity contribution in [2.24, 2.45) is 0 Å². The molecule has 1 aliphatic rings. The van der Waals surface area contributed by atoms with Gasteiger partial charge in [0.15, 0.2) is 0 Å². The Labute approximate surface area is 157 Å². The van der Waals surface area contributed by atoms with Crippen LogP contribution in [0.1, 0.15) is 47.3 Å². The molecule has 0 radical (unpaired) electrons. The van der Waals surface area contributed by atoms with E-state index in [9.17, 15) is 9.59 Å². The normalized spacial score (nSPS) is 15.3. The van der Waals surface area contributed by atoms with Crippen molar-refractivity contribution >= 4 is 23.4 Å². The van der Waals surface area contributed by atoms with Gasteiger partial charge in [-0.3, -0.25) is 9.59 Å². The van der Waals surface area contributed by atoms with Crippen LogP contribution >= 0.6 is 11.6 Å². The second kappa shape index (κ2) is 8.23. The molecule has 0 aliphatic carbocycles. The van der Waals surface area contributed by atoms with E-state index in [-0.39, 0.29) is 24.3 Å². The summed E-state index contributed by atoms with van der Waals surface area (Å²) < 4.78 is 5.70. The summed E-state index contributed by atoms with van der Waals surface area (Å²) in [5.41, 5.74) is 2.33. The maximum Gasteiger partial charge on any atom is 0.252 e. The van der Waals surface area contributed by atoms with Crippen molar-refractivity contribution in [3.8, 4) is 5.75 Å². The molecular weight excluding hydrogens is 352 g/mol. The van der Waals surface area contributed by atoms with Crippen molar-refractivity contribution in [2.45, 2.75) is 32.4 Å². The van der Waals surface area contributed by atoms with Gasteiger partial charge in [0, 0.05) is 22.7 Å². The summed E-state index contributed by atoms with van der Waals surface area (Å²) in [4.78, 5) is 24.3. The Hall–Kier alpha value is -2.53. The van der Waals surface area contributed by atoms with Crippen LogP contribution in [0.2, 0.25) is 5.02 Å². The lowest BCUT2D eigenvalue weighted by molar-refractivity contribution is -0.121. The van der Waals surface area contributed by atoms with Gasteiger partial charge in [0.05, 0.1) is 19.1 Å². The Kier molecular flexibility index (Phi) is 5.78. The number of rotatable bonds is 7. The minimum absolute atomic E-state index is 0.136. The molecule has 2 aromatic carbocycles. The van der Waals surface area contributed by atoms with Crippen molar-refractivity contribution in [3.63, 3.8) is 0 Å². The molecule has 0 aromatic heterocycles. The van der Waals surface area contributed by atoms with E-state index in [1.807, 2.05) is 31.2 Å². The highest BCUT2D eigenvalue weighted by Gasteiger charge is 2.29. The molecule has 1 atom stereocenters. The van der Waals surface area contributed by atoms with E-state index in [1.165, 1.54) is 0 Å². The third-order valence-electron chi connectivity index (χ3n) is 4.24. The summed E-state index contributed by atoms with van der Waals surface area (Å²) in [7, 11) is 0. The van der Waals surface area contributed by atoms with E-state index >= 15 is 0 Å². The highest BCUT2D eigenvalue weighted by Crippen LogP contribution is 2.27. The molecule has 0 bridgehead atoms. The lowest BCUT2D eigenvalue weighted by Gasteiger charge is -2.14. The predicted molar refractivity (Wildman–Crippen MR) is 100 cm³/mol. The Morgan fingerprint density at radius 3 is 2.88 bits per heavy atom. The van der Waals surface area contributed by atoms with Gasteiger partial charge in [0.25, 0.3) is 5.91 Å². The van der Waals surface area contributed by atoms with Crippen LogP contribution in [0.4, 0.5) is 0 Å². The zero-order valence-corrected chi connectivity index (χ0v) is 15.3. The van der Waals surface area contributed by atoms with E-state index < -0.39 is 0 Å². The molecule has 5 nitrogen and oxygen atoms in total. The van der Waals surface area contributed by atoms with E-state index in [1.54, 1.807) is 18.2 Å². The van der Waals surface area contributed by atoms with Crippen LogP contribution in [0.3, 0.4) is 0 Å². The summed E-state index contributed by atoms with van der Waals surface area (Å²) in [6.07, 6.45) is 1.09. The lowest BCUT2D eigenvalue weighted by atomic mass is 10.0. The monoisotopic (exact) mass is 372 g/mol. The van der Waals surface area contributed by atoms with Crippen LogP contribution in [0.15, 0.2) is 42.5 Å². The van der Waals surface area contributed by atoms with Crippen LogP contribution in [0.5, 0.6) is 5.75 Å². The fourth-order valence-electron chi connectivity index (χ4n) is 2.97. The molecule has 6 heteroatoms. The average Bonchev–Trinajstić information content (AvgIpc) is 2.95. The summed E-state index contributed by atoms with van der Waals surface area (Å²) in [5, 5.41) is 6.33. The number of hydrogen-bond donors (Lipinski definition) is 2. The number of fused-ring (bicyclic) bond motifs is 1. The van der Waals surface area contributed by atoms with E-state index in [0.717, 1.165) is 23.3 Å². The number of carbonyl (C=O) groups excluding carboxylic acids is 2. The summed E-state index contributed by atoms with van der Waals surface area (Å²) in [6.45, 7) is 2.96. The summed E-state index contributed by atoms with van der Waals surface area (Å²) in [6, 6.07) is 12.4. The van der Waals surface area contributed by atoms with Gasteiger partial charge in [-0.25, -0.2) is 0 Å². The van der Waals surface area contributed by atoms with Crippen LogP contribution in [-0.4, -0.2) is 18.4 Å². The van der Waals surface area contributed by atoms with E-state index in [2.05, 4.69) is 10.6 Å². The van der Waals surface area contributed by atoms with Crippen LogP contribution < -0.4 is 15.4 Å². The first-order valence-electron chi connectivity index (χ1n) is 8.66. The maximum atomic E-state index is 12.4. The topological polar surface area (TPSA) is 67.4 Å². The molecule has 2 amide bonds. The first kappa shape index (κ1) is 18.3. The van der Waals surface area contributed by atoms with Crippen LogP contribution in [-0.2, 0) is 11.3 Å². The summed E-state index contributed by atoms with van der Waals surface area (Å²) in [5.74, 6) is 0.438. The number of benzene rings is 2. The van der Waals surface area contributed by atoms with Gasteiger partial charge < -0.3 is 15.4 Å². The highest BCUT2D eigenvalue weighted by atomic mass is 35.5. The number of halogens is 1. The Morgan fingerprint density at radius 1 is 1.27 bits per heavy atom. The smallest absolute Gasteiger partial charge is 0.252 e. The van der Waals surface area contributed by atoms with Gasteiger partial charge in [-0.1, -0.05) is 36.7 Å². The SMILES string of the molecule is CCCOc1ccc(Cl)cc1CNC(=O)C[C@H]1NC(=O)c2ccccc21. The highest BCUT2D eigenvalue weighted by molar-refractivity contribution is 6.30. The number of ether oxygens (including phenoxy) is 1. The maximum absolute atomic E-state index is 12.4. The number of carbonyl (C=O) groups is 2. The minimum Gasteiger partial charge on any atom is -0.493 e. The average molecular weight is 373 g/mol. The predicted octanol–water partition coefficient (Wildman–Crippen LogP) is 3.62. The molecular formula is C20H21ClN2O3. The van der Waals surface area contributed by atoms with Crippen molar-refractivity contribution in [3.05, 3.63) is 64.2 Å². The number of nitrogens with one attached hydrogen (secondary N) is 2. The zero-order valence-electron chi connectivity index (χ0n) is 14.5. The number of hydrogen-bond acceptors (Lipinski definition) is 3. The van der Waals surface area contributed by atoms with Crippen molar-refractivity contribution < 1.29 is 14.3 Å². The van der Waals surface area contributed by atoms with Crippen LogP contribution in [0.25, 0.3) is 0 Å². The van der Waals surface area contributed by atoms with Gasteiger partial charge in [-0.15, -0.1) is 0 Å². The second-order valence-corrected chi connectivity index (χ2v) is 6.63. The minimum atomic E-state index is -0.297. The fraction of sp³-hybridized carbons (Fsp3) is 0.300. The van der Waals surface area contributed by atoms with Gasteiger partial charge in [0.1, 0.15) is 5.75 Å². The standard InChI is InChI=1S/C20H21ClN2O3/c1-2-9-26-18-8-7-14(21)10-13(18)12-22-19(24)11-17-15-5-3-4-6-16(15)20(25)23-17/h3-8,10,17H,2,9,11-12H2,1H3,(H,22,24)(H,23,25)/t17-/m1/s1. The van der Waals surface area contributed by atoms with Crippen molar-refractivity contribution in [2.75, 3.05) is 6.61 Å². The molecule has 2 N–H and O–H groups in total. The fourth-order valence-corrected chi connectivity index (χ4v) is 3.17. The second-order valence-electron chi connectivity index (χ2n) is 6.19. The molecule has 0 saturated heterocycles. The molecule has 26 heavy (non-hydrogen) atoms. The molecule has 3 rings (SSSR count). The lowest BCUT2D eigenvalue weighted by Crippen LogP contribution is -2.28. The van der Waals surface area contributed by atoms with E-state index in [0.29, 0.717) is 23.7 Å². The molecule has 0 fully saturated rings. The van der Waals surface area contributed by atoms with Gasteiger partial charge >= 0.3 is 0 Å². The molecule has 0 spiro atoms. The Morgan fingerprint density at radius 2 is 2.08 bits per heavy atom. The van der Waals surface area contributed by atoms with Crippen molar-refractivity contribution in [1.29, 1.82) is 0 Å². The molecule has 1 heterocycles. The largest absolute Gasteiger partial charge is 0.493 e. The van der Waals surface area contributed by atoms with Gasteiger partial charge in [0.2, 0.25) is 5.91 Å². The van der Waals surface area contributed by atoms with Gasteiger partial charge in [-0.05, 0) is 36.2 Å². The van der Waals surface area contributed by atoms with Crippen molar-refractivity contribution in [1.82, 2.24) is 10.6 Å². The Bertz CT molecular complexity index is 822.